The number of fused-ring (bicyclic) bond motifs is 1. The lowest BCUT2D eigenvalue weighted by Crippen LogP contribution is -2.21. The van der Waals surface area contributed by atoms with E-state index in [1.54, 1.807) is 6.20 Å². The number of benzene rings is 1. The Labute approximate surface area is 105 Å². The molecule has 0 saturated carbocycles. The molecule has 1 aliphatic heterocycles. The average Bonchev–Trinajstić information content (AvgIpc) is 2.99. The normalized spacial score (nSPS) is 14.8. The number of nitrogens with one attached hydrogen (secondary N) is 1. The molecule has 2 aromatic rings. The van der Waals surface area contributed by atoms with E-state index in [2.05, 4.69) is 10.3 Å². The molecule has 5 heteroatoms. The zero-order chi connectivity index (χ0) is 12.5. The summed E-state index contributed by atoms with van der Waals surface area (Å²) in [5.41, 5.74) is 1.11. The van der Waals surface area contributed by atoms with Crippen LogP contribution in [0.15, 0.2) is 30.6 Å². The van der Waals surface area contributed by atoms with Crippen LogP contribution in [0.3, 0.4) is 0 Å². The first-order valence-corrected chi connectivity index (χ1v) is 5.83. The van der Waals surface area contributed by atoms with Crippen molar-refractivity contribution in [1.82, 2.24) is 14.9 Å². The number of aryl methyl sites for hydroxylation is 1. The predicted octanol–water partition coefficient (Wildman–Crippen LogP) is 1.46. The van der Waals surface area contributed by atoms with Crippen molar-refractivity contribution in [3.05, 3.63) is 42.0 Å². The van der Waals surface area contributed by atoms with Gasteiger partial charge in [0.2, 0.25) is 6.79 Å². The molecule has 1 atom stereocenters. The highest BCUT2D eigenvalue weighted by molar-refractivity contribution is 5.46. The van der Waals surface area contributed by atoms with Gasteiger partial charge in [0.25, 0.3) is 0 Å². The molecule has 0 spiro atoms. The van der Waals surface area contributed by atoms with Crippen LogP contribution in [-0.4, -0.2) is 23.4 Å². The van der Waals surface area contributed by atoms with Crippen LogP contribution in [0.2, 0.25) is 0 Å². The molecule has 1 aliphatic rings. The average molecular weight is 245 g/mol. The van der Waals surface area contributed by atoms with Gasteiger partial charge >= 0.3 is 0 Å². The molecular formula is C13H15N3O2. The number of nitrogens with zero attached hydrogens (tertiary/aromatic N) is 2. The number of hydrogen-bond donors (Lipinski definition) is 1. The second-order valence-corrected chi connectivity index (χ2v) is 4.23. The van der Waals surface area contributed by atoms with Gasteiger partial charge in [-0.3, -0.25) is 0 Å². The summed E-state index contributed by atoms with van der Waals surface area (Å²) in [7, 11) is 3.91. The van der Waals surface area contributed by atoms with E-state index in [-0.39, 0.29) is 6.04 Å². The molecule has 0 amide bonds. The first-order chi connectivity index (χ1) is 8.79. The first kappa shape index (κ1) is 11.1. The largest absolute Gasteiger partial charge is 0.454 e. The Morgan fingerprint density at radius 1 is 1.33 bits per heavy atom. The van der Waals surface area contributed by atoms with Crippen LogP contribution in [0.1, 0.15) is 17.4 Å². The summed E-state index contributed by atoms with van der Waals surface area (Å²) >= 11 is 0. The van der Waals surface area contributed by atoms with E-state index in [0.29, 0.717) is 6.79 Å². The molecule has 1 unspecified atom stereocenters. The van der Waals surface area contributed by atoms with Crippen LogP contribution in [0, 0.1) is 0 Å². The molecule has 0 bridgehead atoms. The summed E-state index contributed by atoms with van der Waals surface area (Å²) in [5.74, 6) is 2.56. The monoisotopic (exact) mass is 245 g/mol. The van der Waals surface area contributed by atoms with Crippen molar-refractivity contribution in [1.29, 1.82) is 0 Å². The van der Waals surface area contributed by atoms with Crippen molar-refractivity contribution in [3.8, 4) is 11.5 Å². The van der Waals surface area contributed by atoms with E-state index in [9.17, 15) is 0 Å². The van der Waals surface area contributed by atoms with Gasteiger partial charge in [0, 0.05) is 19.4 Å². The fraction of sp³-hybridized carbons (Fsp3) is 0.308. The second kappa shape index (κ2) is 4.34. The molecule has 5 nitrogen and oxygen atoms in total. The summed E-state index contributed by atoms with van der Waals surface area (Å²) in [4.78, 5) is 4.39. The van der Waals surface area contributed by atoms with Crippen molar-refractivity contribution in [2.24, 2.45) is 7.05 Å². The molecule has 1 aromatic carbocycles. The molecule has 18 heavy (non-hydrogen) atoms. The van der Waals surface area contributed by atoms with Crippen LogP contribution in [0.4, 0.5) is 0 Å². The molecule has 1 N–H and O–H groups in total. The standard InChI is InChI=1S/C13H15N3O2/c1-14-12(13-15-5-6-16(13)2)9-3-4-10-11(7-9)18-8-17-10/h3-7,12,14H,8H2,1-2H3. The Hall–Kier alpha value is -2.01. The predicted molar refractivity (Wildman–Crippen MR) is 66.7 cm³/mol. The van der Waals surface area contributed by atoms with E-state index >= 15 is 0 Å². The van der Waals surface area contributed by atoms with E-state index < -0.39 is 0 Å². The Morgan fingerprint density at radius 2 is 2.17 bits per heavy atom. The quantitative estimate of drug-likeness (QED) is 0.889. The van der Waals surface area contributed by atoms with Gasteiger partial charge in [-0.05, 0) is 24.7 Å². The number of imidazole rings is 1. The van der Waals surface area contributed by atoms with Crippen molar-refractivity contribution >= 4 is 0 Å². The van der Waals surface area contributed by atoms with E-state index in [1.165, 1.54) is 0 Å². The summed E-state index contributed by atoms with van der Waals surface area (Å²) in [6.07, 6.45) is 3.74. The van der Waals surface area contributed by atoms with Crippen molar-refractivity contribution in [2.45, 2.75) is 6.04 Å². The lowest BCUT2D eigenvalue weighted by Gasteiger charge is -2.16. The third-order valence-corrected chi connectivity index (χ3v) is 3.14. The summed E-state index contributed by atoms with van der Waals surface area (Å²) in [5, 5.41) is 3.27. The van der Waals surface area contributed by atoms with Gasteiger partial charge in [-0.15, -0.1) is 0 Å². The van der Waals surface area contributed by atoms with Crippen LogP contribution >= 0.6 is 0 Å². The SMILES string of the molecule is CNC(c1ccc2c(c1)OCO2)c1nccn1C. The zero-order valence-corrected chi connectivity index (χ0v) is 10.4. The van der Waals surface area contributed by atoms with Gasteiger partial charge < -0.3 is 19.4 Å². The van der Waals surface area contributed by atoms with Gasteiger partial charge in [-0.1, -0.05) is 6.07 Å². The summed E-state index contributed by atoms with van der Waals surface area (Å²) in [6.45, 7) is 0.297. The number of hydrogen-bond acceptors (Lipinski definition) is 4. The first-order valence-electron chi connectivity index (χ1n) is 5.83. The van der Waals surface area contributed by atoms with Gasteiger partial charge in [0.05, 0.1) is 6.04 Å². The minimum absolute atomic E-state index is 0.0412. The van der Waals surface area contributed by atoms with E-state index in [4.69, 9.17) is 9.47 Å². The Bertz CT molecular complexity index is 565. The maximum atomic E-state index is 5.40. The van der Waals surface area contributed by atoms with Gasteiger partial charge in [0.1, 0.15) is 5.82 Å². The molecule has 0 aliphatic carbocycles. The molecular weight excluding hydrogens is 230 g/mol. The number of ether oxygens (including phenoxy) is 2. The minimum atomic E-state index is 0.0412. The topological polar surface area (TPSA) is 48.3 Å². The molecule has 2 heterocycles. The van der Waals surface area contributed by atoms with Gasteiger partial charge in [0.15, 0.2) is 11.5 Å². The zero-order valence-electron chi connectivity index (χ0n) is 10.4. The highest BCUT2D eigenvalue weighted by Gasteiger charge is 2.20. The maximum absolute atomic E-state index is 5.40. The lowest BCUT2D eigenvalue weighted by atomic mass is 10.1. The molecule has 3 rings (SSSR count). The molecule has 94 valence electrons. The third kappa shape index (κ3) is 1.73. The van der Waals surface area contributed by atoms with Crippen molar-refractivity contribution < 1.29 is 9.47 Å². The summed E-state index contributed by atoms with van der Waals surface area (Å²) in [6, 6.07) is 6.01. The maximum Gasteiger partial charge on any atom is 0.231 e. The van der Waals surface area contributed by atoms with Crippen LogP contribution in [-0.2, 0) is 7.05 Å². The Kier molecular flexibility index (Phi) is 2.68. The third-order valence-electron chi connectivity index (χ3n) is 3.14. The van der Waals surface area contributed by atoms with E-state index in [0.717, 1.165) is 22.9 Å². The van der Waals surface area contributed by atoms with Crippen LogP contribution in [0.5, 0.6) is 11.5 Å². The number of aromatic nitrogens is 2. The smallest absolute Gasteiger partial charge is 0.231 e. The Balaban J connectivity index is 2.00. The van der Waals surface area contributed by atoms with Crippen molar-refractivity contribution in [3.63, 3.8) is 0 Å². The second-order valence-electron chi connectivity index (χ2n) is 4.23. The molecule has 0 radical (unpaired) electrons. The molecule has 1 aromatic heterocycles. The van der Waals surface area contributed by atoms with Crippen molar-refractivity contribution in [2.75, 3.05) is 13.8 Å². The lowest BCUT2D eigenvalue weighted by molar-refractivity contribution is 0.174. The fourth-order valence-corrected chi connectivity index (χ4v) is 2.19. The highest BCUT2D eigenvalue weighted by Crippen LogP contribution is 2.35. The number of rotatable bonds is 3. The van der Waals surface area contributed by atoms with Crippen LogP contribution < -0.4 is 14.8 Å². The van der Waals surface area contributed by atoms with Gasteiger partial charge in [-0.2, -0.15) is 0 Å². The Morgan fingerprint density at radius 3 is 2.89 bits per heavy atom. The van der Waals surface area contributed by atoms with E-state index in [1.807, 2.05) is 43.1 Å². The van der Waals surface area contributed by atoms with Crippen LogP contribution in [0.25, 0.3) is 0 Å². The summed E-state index contributed by atoms with van der Waals surface area (Å²) < 4.78 is 12.7. The molecule has 0 fully saturated rings. The van der Waals surface area contributed by atoms with Gasteiger partial charge in [-0.25, -0.2) is 4.98 Å². The fourth-order valence-electron chi connectivity index (χ4n) is 2.19. The minimum Gasteiger partial charge on any atom is -0.454 e. The highest BCUT2D eigenvalue weighted by atomic mass is 16.7. The molecule has 0 saturated heterocycles.